The first-order chi connectivity index (χ1) is 17.7. The van der Waals surface area contributed by atoms with Crippen LogP contribution in [0.15, 0.2) is 28.7 Å². The van der Waals surface area contributed by atoms with Crippen LogP contribution in [0.5, 0.6) is 0 Å². The number of ether oxygens (including phenoxy) is 2. The van der Waals surface area contributed by atoms with Crippen LogP contribution in [0.4, 0.5) is 5.69 Å². The van der Waals surface area contributed by atoms with E-state index in [0.717, 1.165) is 48.1 Å². The molecule has 38 heavy (non-hydrogen) atoms. The second-order valence-electron chi connectivity index (χ2n) is 11.1. The van der Waals surface area contributed by atoms with Crippen molar-refractivity contribution in [2.75, 3.05) is 30.8 Å². The highest BCUT2D eigenvalue weighted by Gasteiger charge is 2.36. The van der Waals surface area contributed by atoms with Gasteiger partial charge in [-0.15, -0.1) is 0 Å². The number of nitrogens with one attached hydrogen (secondary N) is 1. The SMILES string of the molecule is COC(=O)[C@@H](OC(C)(C)C)c1c(C)c(N(CC2CCCCN2)S(C)(=O)=O)c(Br)c(C)c1-c1ccc(C)cc1. The smallest absolute Gasteiger partial charge is 0.339 e. The molecule has 0 aliphatic carbocycles. The van der Waals surface area contributed by atoms with Crippen molar-refractivity contribution < 1.29 is 22.7 Å². The van der Waals surface area contributed by atoms with Crippen molar-refractivity contribution in [3.8, 4) is 11.1 Å². The van der Waals surface area contributed by atoms with Crippen molar-refractivity contribution in [2.24, 2.45) is 0 Å². The number of sulfonamides is 1. The molecule has 2 aromatic rings. The van der Waals surface area contributed by atoms with Crippen LogP contribution in [0.3, 0.4) is 0 Å². The molecule has 210 valence electrons. The largest absolute Gasteiger partial charge is 0.467 e. The fourth-order valence-corrected chi connectivity index (χ4v) is 6.88. The summed E-state index contributed by atoms with van der Waals surface area (Å²) in [5, 5.41) is 3.46. The summed E-state index contributed by atoms with van der Waals surface area (Å²) < 4.78 is 40.2. The van der Waals surface area contributed by atoms with E-state index >= 15 is 0 Å². The predicted molar refractivity (Wildman–Crippen MR) is 157 cm³/mol. The lowest BCUT2D eigenvalue weighted by Gasteiger charge is -2.35. The van der Waals surface area contributed by atoms with E-state index in [2.05, 4.69) is 21.2 Å². The minimum absolute atomic E-state index is 0.0348. The minimum atomic E-state index is -3.66. The number of hydrogen-bond donors (Lipinski definition) is 1. The molecule has 0 bridgehead atoms. The van der Waals surface area contributed by atoms with Crippen LogP contribution in [0, 0.1) is 20.8 Å². The van der Waals surface area contributed by atoms with E-state index in [9.17, 15) is 13.2 Å². The second kappa shape index (κ2) is 12.1. The number of anilines is 1. The van der Waals surface area contributed by atoms with Gasteiger partial charge in [0.2, 0.25) is 10.0 Å². The molecule has 2 aromatic carbocycles. The summed E-state index contributed by atoms with van der Waals surface area (Å²) in [6.45, 7) is 12.6. The predicted octanol–water partition coefficient (Wildman–Crippen LogP) is 5.98. The number of piperidine rings is 1. The summed E-state index contributed by atoms with van der Waals surface area (Å²) in [5.74, 6) is -0.538. The van der Waals surface area contributed by atoms with Crippen LogP contribution in [0.1, 0.15) is 68.4 Å². The van der Waals surface area contributed by atoms with Gasteiger partial charge in [0.15, 0.2) is 6.10 Å². The van der Waals surface area contributed by atoms with Crippen molar-refractivity contribution in [3.63, 3.8) is 0 Å². The van der Waals surface area contributed by atoms with Crippen LogP contribution >= 0.6 is 15.9 Å². The zero-order chi connectivity index (χ0) is 28.4. The van der Waals surface area contributed by atoms with E-state index in [1.807, 2.05) is 65.8 Å². The van der Waals surface area contributed by atoms with Gasteiger partial charge in [-0.3, -0.25) is 4.31 Å². The Kier molecular flexibility index (Phi) is 9.72. The van der Waals surface area contributed by atoms with E-state index in [1.54, 1.807) is 0 Å². The van der Waals surface area contributed by atoms with Gasteiger partial charge >= 0.3 is 5.97 Å². The van der Waals surface area contributed by atoms with Crippen molar-refractivity contribution in [1.82, 2.24) is 5.32 Å². The Labute approximate surface area is 236 Å². The monoisotopic (exact) mass is 608 g/mol. The number of rotatable bonds is 8. The third-order valence-electron chi connectivity index (χ3n) is 6.88. The number of hydrogen-bond acceptors (Lipinski definition) is 6. The highest BCUT2D eigenvalue weighted by atomic mass is 79.9. The average molecular weight is 610 g/mol. The van der Waals surface area contributed by atoms with E-state index < -0.39 is 27.7 Å². The van der Waals surface area contributed by atoms with Gasteiger partial charge < -0.3 is 14.8 Å². The maximum Gasteiger partial charge on any atom is 0.339 e. The first-order valence-corrected chi connectivity index (χ1v) is 15.7. The Morgan fingerprint density at radius 2 is 1.76 bits per heavy atom. The fourth-order valence-electron chi connectivity index (χ4n) is 5.04. The number of esters is 1. The van der Waals surface area contributed by atoms with Crippen LogP contribution in [-0.4, -0.2) is 52.5 Å². The van der Waals surface area contributed by atoms with Gasteiger partial charge in [0.05, 0.1) is 24.7 Å². The Morgan fingerprint density at radius 1 is 1.13 bits per heavy atom. The average Bonchev–Trinajstić information content (AvgIpc) is 2.84. The van der Waals surface area contributed by atoms with Gasteiger partial charge in [0, 0.05) is 22.6 Å². The number of halogens is 1. The molecule has 1 aliphatic rings. The third kappa shape index (κ3) is 6.97. The number of benzene rings is 2. The van der Waals surface area contributed by atoms with Gasteiger partial charge in [0.1, 0.15) is 0 Å². The number of aryl methyl sites for hydroxylation is 1. The molecule has 7 nitrogen and oxygen atoms in total. The van der Waals surface area contributed by atoms with Crippen molar-refractivity contribution in [1.29, 1.82) is 0 Å². The first-order valence-electron chi connectivity index (χ1n) is 13.0. The van der Waals surface area contributed by atoms with E-state index in [1.165, 1.54) is 17.7 Å². The summed E-state index contributed by atoms with van der Waals surface area (Å²) in [4.78, 5) is 13.3. The fraction of sp³-hybridized carbons (Fsp3) is 0.552. The Bertz CT molecular complexity index is 1260. The van der Waals surface area contributed by atoms with E-state index in [-0.39, 0.29) is 6.04 Å². The summed E-state index contributed by atoms with van der Waals surface area (Å²) in [5.41, 5.74) is 4.77. The lowest BCUT2D eigenvalue weighted by Crippen LogP contribution is -2.46. The van der Waals surface area contributed by atoms with Gasteiger partial charge in [-0.05, 0) is 99.1 Å². The molecule has 1 heterocycles. The number of carbonyl (C=O) groups is 1. The zero-order valence-electron chi connectivity index (χ0n) is 23.8. The molecule has 3 rings (SSSR count). The highest BCUT2D eigenvalue weighted by molar-refractivity contribution is 9.10. The molecule has 1 N–H and O–H groups in total. The number of methoxy groups -OCH3 is 1. The molecule has 1 unspecified atom stereocenters. The summed E-state index contributed by atoms with van der Waals surface area (Å²) in [6.07, 6.45) is 3.20. The summed E-state index contributed by atoms with van der Waals surface area (Å²) in [6, 6.07) is 8.10. The van der Waals surface area contributed by atoms with Crippen molar-refractivity contribution in [3.05, 3.63) is 51.0 Å². The van der Waals surface area contributed by atoms with Crippen LogP contribution < -0.4 is 9.62 Å². The molecule has 9 heteroatoms. The molecule has 0 amide bonds. The minimum Gasteiger partial charge on any atom is -0.467 e. The molecule has 0 saturated carbocycles. The molecule has 2 atom stereocenters. The summed E-state index contributed by atoms with van der Waals surface area (Å²) >= 11 is 3.77. The van der Waals surface area contributed by atoms with Gasteiger partial charge in [-0.2, -0.15) is 0 Å². The molecule has 1 aliphatic heterocycles. The molecule has 1 fully saturated rings. The zero-order valence-corrected chi connectivity index (χ0v) is 26.2. The van der Waals surface area contributed by atoms with E-state index in [4.69, 9.17) is 9.47 Å². The topological polar surface area (TPSA) is 84.9 Å². The lowest BCUT2D eigenvalue weighted by molar-refractivity contribution is -0.164. The highest BCUT2D eigenvalue weighted by Crippen LogP contribution is 2.47. The standard InChI is InChI=1S/C29H41BrN2O5S/c1-18-12-14-21(15-13-18)23-19(2)25(30)26(32(38(8,34)35)17-22-11-9-10-16-31-22)20(3)24(23)27(28(33)36-7)37-29(4,5)6/h12-15,22,27,31H,9-11,16-17H2,1-8H3/t22?,27-/m0/s1. The summed E-state index contributed by atoms with van der Waals surface area (Å²) in [7, 11) is -2.32. The number of carbonyl (C=O) groups excluding carboxylic acids is 1. The van der Waals surface area contributed by atoms with Gasteiger partial charge in [-0.1, -0.05) is 36.2 Å². The van der Waals surface area contributed by atoms with Gasteiger partial charge in [-0.25, -0.2) is 13.2 Å². The lowest BCUT2D eigenvalue weighted by atomic mass is 9.87. The Morgan fingerprint density at radius 3 is 2.26 bits per heavy atom. The third-order valence-corrected chi connectivity index (χ3v) is 8.98. The molecular weight excluding hydrogens is 568 g/mol. The van der Waals surface area contributed by atoms with Crippen LogP contribution in [0.2, 0.25) is 0 Å². The molecular formula is C29H41BrN2O5S. The van der Waals surface area contributed by atoms with Crippen LogP contribution in [0.25, 0.3) is 11.1 Å². The maximum atomic E-state index is 13.3. The second-order valence-corrected chi connectivity index (χ2v) is 13.8. The molecule has 0 radical (unpaired) electrons. The van der Waals surface area contributed by atoms with Gasteiger partial charge in [0.25, 0.3) is 0 Å². The van der Waals surface area contributed by atoms with Crippen molar-refractivity contribution >= 4 is 37.6 Å². The normalized spacial score (nSPS) is 17.2. The van der Waals surface area contributed by atoms with Crippen molar-refractivity contribution in [2.45, 2.75) is 78.6 Å². The molecule has 0 spiro atoms. The Balaban J connectivity index is 2.38. The number of nitrogens with zero attached hydrogens (tertiary/aromatic N) is 1. The maximum absolute atomic E-state index is 13.3. The Hall–Kier alpha value is -1.94. The quantitative estimate of drug-likeness (QED) is 0.371. The molecule has 1 saturated heterocycles. The first kappa shape index (κ1) is 30.6. The van der Waals surface area contributed by atoms with Crippen LogP contribution in [-0.2, 0) is 24.3 Å². The molecule has 0 aromatic heterocycles. The van der Waals surface area contributed by atoms with E-state index in [0.29, 0.717) is 27.8 Å².